The average molecular weight is 307 g/mol. The lowest BCUT2D eigenvalue weighted by Gasteiger charge is -2.18. The van der Waals surface area contributed by atoms with E-state index in [1.807, 2.05) is 12.1 Å². The van der Waals surface area contributed by atoms with Gasteiger partial charge in [0.05, 0.1) is 11.9 Å². The molecule has 0 radical (unpaired) electrons. The second-order valence-corrected chi connectivity index (χ2v) is 6.89. The van der Waals surface area contributed by atoms with Gasteiger partial charge in [-0.05, 0) is 30.9 Å². The van der Waals surface area contributed by atoms with E-state index in [4.69, 9.17) is 4.74 Å². The maximum atomic E-state index is 11.9. The van der Waals surface area contributed by atoms with Crippen LogP contribution in [-0.4, -0.2) is 30.6 Å². The van der Waals surface area contributed by atoms with Gasteiger partial charge in [0.2, 0.25) is 5.91 Å². The lowest BCUT2D eigenvalue weighted by Crippen LogP contribution is -2.31. The smallest absolute Gasteiger partial charge is 0.230 e. The van der Waals surface area contributed by atoms with E-state index in [9.17, 15) is 4.79 Å². The van der Waals surface area contributed by atoms with Gasteiger partial charge in [-0.3, -0.25) is 4.79 Å². The Bertz CT molecular complexity index is 458. The molecule has 21 heavy (non-hydrogen) atoms. The van der Waals surface area contributed by atoms with Gasteiger partial charge < -0.3 is 10.1 Å². The monoisotopic (exact) mass is 307 g/mol. The Morgan fingerprint density at radius 3 is 2.76 bits per heavy atom. The number of methoxy groups -OCH3 is 1. The fourth-order valence-corrected chi connectivity index (χ4v) is 3.93. The molecule has 0 aromatic heterocycles. The van der Waals surface area contributed by atoms with Gasteiger partial charge in [-0.25, -0.2) is 0 Å². The number of carbonyl (C=O) groups excluding carboxylic acids is 1. The molecule has 0 bridgehead atoms. The quantitative estimate of drug-likeness (QED) is 0.838. The van der Waals surface area contributed by atoms with Crippen LogP contribution in [0.15, 0.2) is 24.3 Å². The van der Waals surface area contributed by atoms with E-state index in [0.717, 1.165) is 5.56 Å². The number of thioether (sulfide) groups is 1. The van der Waals surface area contributed by atoms with Crippen LogP contribution in [0.3, 0.4) is 0 Å². The molecule has 1 saturated carbocycles. The Morgan fingerprint density at radius 1 is 1.38 bits per heavy atom. The highest BCUT2D eigenvalue weighted by molar-refractivity contribution is 8.00. The highest BCUT2D eigenvalue weighted by Crippen LogP contribution is 2.29. The average Bonchev–Trinajstić information content (AvgIpc) is 3.01. The number of aryl methyl sites for hydroxylation is 1. The maximum absolute atomic E-state index is 11.9. The van der Waals surface area contributed by atoms with E-state index >= 15 is 0 Å². The Kier molecular flexibility index (Phi) is 6.58. The Balaban J connectivity index is 1.77. The first kappa shape index (κ1) is 16.4. The van der Waals surface area contributed by atoms with E-state index < -0.39 is 0 Å². The fourth-order valence-electron chi connectivity index (χ4n) is 2.77. The molecule has 1 aliphatic rings. The van der Waals surface area contributed by atoms with Crippen molar-refractivity contribution in [3.05, 3.63) is 35.4 Å². The van der Waals surface area contributed by atoms with Gasteiger partial charge in [0, 0.05) is 18.9 Å². The third-order valence-electron chi connectivity index (χ3n) is 4.06. The summed E-state index contributed by atoms with van der Waals surface area (Å²) in [5.41, 5.74) is 2.34. The normalized spacial score (nSPS) is 16.9. The maximum Gasteiger partial charge on any atom is 0.230 e. The SMILES string of the molecule is CO[C@H](CNC(=O)CSC1CCCC1)c1ccccc1C. The molecule has 1 fully saturated rings. The third-order valence-corrected chi connectivity index (χ3v) is 5.43. The van der Waals surface area contributed by atoms with Gasteiger partial charge in [-0.15, -0.1) is 11.8 Å². The summed E-state index contributed by atoms with van der Waals surface area (Å²) in [5.74, 6) is 0.678. The zero-order chi connectivity index (χ0) is 15.1. The van der Waals surface area contributed by atoms with Crippen LogP contribution in [-0.2, 0) is 9.53 Å². The number of hydrogen-bond acceptors (Lipinski definition) is 3. The van der Waals surface area contributed by atoms with Crippen LogP contribution in [0.4, 0.5) is 0 Å². The largest absolute Gasteiger partial charge is 0.375 e. The highest BCUT2D eigenvalue weighted by atomic mass is 32.2. The van der Waals surface area contributed by atoms with E-state index in [1.165, 1.54) is 31.2 Å². The van der Waals surface area contributed by atoms with E-state index in [1.54, 1.807) is 18.9 Å². The first-order chi connectivity index (χ1) is 10.2. The van der Waals surface area contributed by atoms with E-state index in [2.05, 4.69) is 24.4 Å². The van der Waals surface area contributed by atoms with Crippen molar-refractivity contribution in [3.8, 4) is 0 Å². The number of hydrogen-bond donors (Lipinski definition) is 1. The lowest BCUT2D eigenvalue weighted by molar-refractivity contribution is -0.119. The van der Waals surface area contributed by atoms with Crippen molar-refractivity contribution < 1.29 is 9.53 Å². The van der Waals surface area contributed by atoms with Crippen molar-refractivity contribution in [1.29, 1.82) is 0 Å². The van der Waals surface area contributed by atoms with Crippen molar-refractivity contribution in [3.63, 3.8) is 0 Å². The van der Waals surface area contributed by atoms with Crippen LogP contribution >= 0.6 is 11.8 Å². The Labute approximate surface area is 131 Å². The van der Waals surface area contributed by atoms with Crippen molar-refractivity contribution in [1.82, 2.24) is 5.32 Å². The highest BCUT2D eigenvalue weighted by Gasteiger charge is 2.18. The summed E-state index contributed by atoms with van der Waals surface area (Å²) in [6.07, 6.45) is 5.09. The Morgan fingerprint density at radius 2 is 2.10 bits per heavy atom. The van der Waals surface area contributed by atoms with Crippen LogP contribution < -0.4 is 5.32 Å². The minimum atomic E-state index is -0.0772. The number of nitrogens with one attached hydrogen (secondary N) is 1. The minimum absolute atomic E-state index is 0.0772. The second kappa shape index (κ2) is 8.44. The molecular weight excluding hydrogens is 282 g/mol. The molecule has 1 N–H and O–H groups in total. The molecule has 116 valence electrons. The molecule has 1 amide bonds. The molecule has 0 aliphatic heterocycles. The topological polar surface area (TPSA) is 38.3 Å². The summed E-state index contributed by atoms with van der Waals surface area (Å²) in [6, 6.07) is 8.15. The molecule has 1 atom stereocenters. The van der Waals surface area contributed by atoms with Gasteiger partial charge in [0.25, 0.3) is 0 Å². The second-order valence-electron chi connectivity index (χ2n) is 5.60. The molecule has 0 spiro atoms. The number of rotatable bonds is 7. The molecule has 3 nitrogen and oxygen atoms in total. The number of amides is 1. The van der Waals surface area contributed by atoms with Crippen molar-refractivity contribution in [2.45, 2.75) is 44.0 Å². The van der Waals surface area contributed by atoms with Gasteiger partial charge in [0.1, 0.15) is 0 Å². The van der Waals surface area contributed by atoms with Gasteiger partial charge in [-0.1, -0.05) is 37.1 Å². The van der Waals surface area contributed by atoms with Gasteiger partial charge in [0.15, 0.2) is 0 Å². The molecule has 1 aliphatic carbocycles. The fraction of sp³-hybridized carbons (Fsp3) is 0.588. The number of benzene rings is 1. The number of carbonyl (C=O) groups is 1. The summed E-state index contributed by atoms with van der Waals surface area (Å²) in [6.45, 7) is 2.60. The molecular formula is C17H25NO2S. The van der Waals surface area contributed by atoms with Crippen molar-refractivity contribution in [2.24, 2.45) is 0 Å². The first-order valence-corrected chi connectivity index (χ1v) is 8.72. The molecule has 1 aromatic rings. The van der Waals surface area contributed by atoms with E-state index in [0.29, 0.717) is 17.5 Å². The van der Waals surface area contributed by atoms with Crippen LogP contribution in [0, 0.1) is 6.92 Å². The van der Waals surface area contributed by atoms with Crippen molar-refractivity contribution in [2.75, 3.05) is 19.4 Å². The van der Waals surface area contributed by atoms with E-state index in [-0.39, 0.29) is 12.0 Å². The van der Waals surface area contributed by atoms with Crippen molar-refractivity contribution >= 4 is 17.7 Å². The van der Waals surface area contributed by atoms with Gasteiger partial charge in [-0.2, -0.15) is 0 Å². The standard InChI is InChI=1S/C17H25NO2S/c1-13-7-3-6-10-15(13)16(20-2)11-18-17(19)12-21-14-8-4-5-9-14/h3,6-7,10,14,16H,4-5,8-9,11-12H2,1-2H3,(H,18,19)/t16-/m1/s1. The predicted molar refractivity (Wildman–Crippen MR) is 88.7 cm³/mol. The molecule has 2 rings (SSSR count). The van der Waals surface area contributed by atoms with Crippen LogP contribution in [0.1, 0.15) is 42.9 Å². The summed E-state index contributed by atoms with van der Waals surface area (Å²) in [7, 11) is 1.69. The number of ether oxygens (including phenoxy) is 1. The van der Waals surface area contributed by atoms with Crippen LogP contribution in [0.5, 0.6) is 0 Å². The lowest BCUT2D eigenvalue weighted by atomic mass is 10.0. The summed E-state index contributed by atoms with van der Waals surface area (Å²) < 4.78 is 5.52. The summed E-state index contributed by atoms with van der Waals surface area (Å²) in [4.78, 5) is 11.9. The van der Waals surface area contributed by atoms with Crippen LogP contribution in [0.25, 0.3) is 0 Å². The van der Waals surface area contributed by atoms with Gasteiger partial charge >= 0.3 is 0 Å². The minimum Gasteiger partial charge on any atom is -0.375 e. The third kappa shape index (κ3) is 5.04. The zero-order valence-electron chi connectivity index (χ0n) is 12.9. The van der Waals surface area contributed by atoms with Crippen LogP contribution in [0.2, 0.25) is 0 Å². The molecule has 1 aromatic carbocycles. The molecule has 0 heterocycles. The summed E-state index contributed by atoms with van der Waals surface area (Å²) in [5, 5.41) is 3.68. The molecule has 0 unspecified atom stereocenters. The Hall–Kier alpha value is -1.00. The molecule has 0 saturated heterocycles. The first-order valence-electron chi connectivity index (χ1n) is 7.67. The predicted octanol–water partition coefficient (Wildman–Crippen LogP) is 3.47. The molecule has 4 heteroatoms. The zero-order valence-corrected chi connectivity index (χ0v) is 13.7. The summed E-state index contributed by atoms with van der Waals surface area (Å²) >= 11 is 1.80.